The maximum absolute atomic E-state index is 12.3. The molecule has 0 unspecified atom stereocenters. The van der Waals surface area contributed by atoms with Crippen LogP contribution in [0.25, 0.3) is 0 Å². The molecule has 158 valence electrons. The Labute approximate surface area is 199 Å². The number of nitrogens with zero attached hydrogens (tertiary/aromatic N) is 3. The SMILES string of the molecule is C[C@@H]1OCC2(CCN(c3ncc(S)nc3CO)CC2)[C@@H]1NC(=O)OC(C)(C)C.[NaH]. The molecule has 29 heavy (non-hydrogen) atoms. The van der Waals surface area contributed by atoms with E-state index in [1.807, 2.05) is 27.7 Å². The van der Waals surface area contributed by atoms with Crippen molar-refractivity contribution in [3.05, 3.63) is 11.9 Å². The minimum absolute atomic E-state index is 0. The van der Waals surface area contributed by atoms with Crippen LogP contribution in [0, 0.1) is 5.41 Å². The second-order valence-electron chi connectivity index (χ2n) is 8.65. The van der Waals surface area contributed by atoms with Crippen LogP contribution in [0.5, 0.6) is 0 Å². The predicted molar refractivity (Wildman–Crippen MR) is 115 cm³/mol. The molecule has 2 aliphatic heterocycles. The number of carbonyl (C=O) groups excluding carboxylic acids is 1. The van der Waals surface area contributed by atoms with Crippen molar-refractivity contribution in [2.75, 3.05) is 24.6 Å². The quantitative estimate of drug-likeness (QED) is 0.490. The van der Waals surface area contributed by atoms with Gasteiger partial charge in [-0.15, -0.1) is 12.6 Å². The molecule has 1 aromatic rings. The second kappa shape index (κ2) is 9.70. The van der Waals surface area contributed by atoms with E-state index in [4.69, 9.17) is 9.47 Å². The van der Waals surface area contributed by atoms with Crippen molar-refractivity contribution >= 4 is 54.1 Å². The van der Waals surface area contributed by atoms with Crippen molar-refractivity contribution < 1.29 is 19.4 Å². The first-order valence-corrected chi connectivity index (χ1v) is 10.1. The zero-order chi connectivity index (χ0) is 20.5. The Kier molecular flexibility index (Phi) is 8.26. The van der Waals surface area contributed by atoms with E-state index < -0.39 is 11.7 Å². The number of hydrogen-bond acceptors (Lipinski definition) is 8. The van der Waals surface area contributed by atoms with Gasteiger partial charge in [-0.25, -0.2) is 14.8 Å². The molecule has 2 fully saturated rings. The van der Waals surface area contributed by atoms with Gasteiger partial charge in [0.05, 0.1) is 31.6 Å². The number of ether oxygens (including phenoxy) is 2. The molecule has 0 aliphatic carbocycles. The molecule has 10 heteroatoms. The summed E-state index contributed by atoms with van der Waals surface area (Å²) in [5.41, 5.74) is -0.145. The van der Waals surface area contributed by atoms with Crippen LogP contribution in [0.2, 0.25) is 0 Å². The molecule has 2 aliphatic rings. The molecule has 0 aromatic carbocycles. The van der Waals surface area contributed by atoms with Crippen LogP contribution in [0.1, 0.15) is 46.2 Å². The summed E-state index contributed by atoms with van der Waals surface area (Å²) in [6, 6.07) is -0.104. The number of aliphatic hydroxyl groups is 1. The van der Waals surface area contributed by atoms with Crippen LogP contribution in [0.3, 0.4) is 0 Å². The standard InChI is InChI=1S/C19H30N4O4S.Na.H/c1-12-15(22-17(25)27-18(2,3)4)19(11-26-12)5-7-23(8-6-19)16-13(10-24)21-14(28)9-20-16;;/h9,12,15,24H,5-8,10-11H2,1-4H3,(H,21,28)(H,22,25);;/t12-,15+;;/m0../s1. The van der Waals surface area contributed by atoms with Gasteiger partial charge in [-0.1, -0.05) is 0 Å². The third kappa shape index (κ3) is 5.77. The summed E-state index contributed by atoms with van der Waals surface area (Å²) in [5, 5.41) is 13.1. The van der Waals surface area contributed by atoms with Crippen molar-refractivity contribution in [1.82, 2.24) is 15.3 Å². The summed E-state index contributed by atoms with van der Waals surface area (Å²) >= 11 is 4.20. The molecule has 3 heterocycles. The Balaban J connectivity index is 0.00000300. The molecule has 1 aromatic heterocycles. The van der Waals surface area contributed by atoms with Gasteiger partial charge in [0.1, 0.15) is 16.3 Å². The van der Waals surface area contributed by atoms with Gasteiger partial charge in [0.2, 0.25) is 0 Å². The van der Waals surface area contributed by atoms with Crippen molar-refractivity contribution in [3.8, 4) is 0 Å². The molecule has 2 atom stereocenters. The number of carbonyl (C=O) groups is 1. The monoisotopic (exact) mass is 434 g/mol. The fourth-order valence-corrected chi connectivity index (χ4v) is 4.26. The van der Waals surface area contributed by atoms with E-state index >= 15 is 0 Å². The van der Waals surface area contributed by atoms with E-state index in [1.54, 1.807) is 6.20 Å². The molecule has 3 rings (SSSR count). The summed E-state index contributed by atoms with van der Waals surface area (Å²) in [6.45, 7) is 9.47. The van der Waals surface area contributed by atoms with Crippen LogP contribution in [0.15, 0.2) is 11.2 Å². The molecule has 0 bridgehead atoms. The fraction of sp³-hybridized carbons (Fsp3) is 0.737. The Morgan fingerprint density at radius 1 is 1.45 bits per heavy atom. The van der Waals surface area contributed by atoms with Gasteiger partial charge in [0.15, 0.2) is 5.82 Å². The Morgan fingerprint density at radius 2 is 2.10 bits per heavy atom. The van der Waals surface area contributed by atoms with Crippen LogP contribution in [-0.2, 0) is 16.1 Å². The van der Waals surface area contributed by atoms with Crippen molar-refractivity contribution in [1.29, 1.82) is 0 Å². The number of nitrogens with one attached hydrogen (secondary N) is 1. The van der Waals surface area contributed by atoms with Crippen molar-refractivity contribution in [2.45, 2.75) is 69.9 Å². The summed E-state index contributed by atoms with van der Waals surface area (Å²) in [5.74, 6) is 0.693. The summed E-state index contributed by atoms with van der Waals surface area (Å²) in [4.78, 5) is 23.1. The number of rotatable bonds is 3. The first-order valence-electron chi connectivity index (χ1n) is 9.65. The van der Waals surface area contributed by atoms with Crippen molar-refractivity contribution in [3.63, 3.8) is 0 Å². The van der Waals surface area contributed by atoms with Gasteiger partial charge in [0, 0.05) is 18.5 Å². The average molecular weight is 435 g/mol. The summed E-state index contributed by atoms with van der Waals surface area (Å²) in [6.07, 6.45) is 2.79. The van der Waals surface area contributed by atoms with Crippen LogP contribution >= 0.6 is 12.6 Å². The molecule has 1 spiro atoms. The minimum atomic E-state index is -0.540. The first-order chi connectivity index (χ1) is 13.1. The average Bonchev–Trinajstić information content (AvgIpc) is 2.90. The van der Waals surface area contributed by atoms with E-state index in [2.05, 4.69) is 32.8 Å². The normalized spacial score (nSPS) is 23.6. The molecule has 8 nitrogen and oxygen atoms in total. The number of aromatic nitrogens is 2. The van der Waals surface area contributed by atoms with Crippen molar-refractivity contribution in [2.24, 2.45) is 5.41 Å². The van der Waals surface area contributed by atoms with Crippen LogP contribution in [0.4, 0.5) is 10.6 Å². The van der Waals surface area contributed by atoms with E-state index in [1.165, 1.54) is 0 Å². The molecule has 2 N–H and O–H groups in total. The Bertz CT molecular complexity index is 723. The fourth-order valence-electron chi connectivity index (χ4n) is 4.09. The van der Waals surface area contributed by atoms with E-state index in [0.29, 0.717) is 23.1 Å². The third-order valence-electron chi connectivity index (χ3n) is 5.45. The number of anilines is 1. The topological polar surface area (TPSA) is 96.8 Å². The predicted octanol–water partition coefficient (Wildman–Crippen LogP) is 1.51. The van der Waals surface area contributed by atoms with E-state index in [9.17, 15) is 9.90 Å². The number of hydrogen-bond donors (Lipinski definition) is 3. The Morgan fingerprint density at radius 3 is 2.69 bits per heavy atom. The molecule has 0 radical (unpaired) electrons. The Hall–Kier alpha value is -0.580. The number of thiol groups is 1. The van der Waals surface area contributed by atoms with Gasteiger partial charge in [-0.05, 0) is 40.5 Å². The van der Waals surface area contributed by atoms with Gasteiger partial charge in [-0.2, -0.15) is 0 Å². The van der Waals surface area contributed by atoms with Gasteiger partial charge in [0.25, 0.3) is 0 Å². The number of aliphatic hydroxyl groups excluding tert-OH is 1. The molecule has 0 saturated carbocycles. The third-order valence-corrected chi connectivity index (χ3v) is 5.67. The first kappa shape index (κ1) is 24.7. The van der Waals surface area contributed by atoms with Crippen LogP contribution in [-0.4, -0.2) is 88.2 Å². The second-order valence-corrected chi connectivity index (χ2v) is 9.10. The van der Waals surface area contributed by atoms with E-state index in [0.717, 1.165) is 25.9 Å². The summed E-state index contributed by atoms with van der Waals surface area (Å²) in [7, 11) is 0. The molecular formula is C19H31N4NaO4S. The number of amides is 1. The van der Waals surface area contributed by atoms with Gasteiger partial charge in [-0.3, -0.25) is 0 Å². The molecule has 1 amide bonds. The maximum atomic E-state index is 12.3. The van der Waals surface area contributed by atoms with Crippen LogP contribution < -0.4 is 10.2 Å². The zero-order valence-corrected chi connectivity index (χ0v) is 17.8. The molecule has 2 saturated heterocycles. The van der Waals surface area contributed by atoms with Gasteiger partial charge >= 0.3 is 35.7 Å². The van der Waals surface area contributed by atoms with E-state index in [-0.39, 0.29) is 53.7 Å². The summed E-state index contributed by atoms with van der Waals surface area (Å²) < 4.78 is 11.4. The molecular weight excluding hydrogens is 403 g/mol. The zero-order valence-electron chi connectivity index (χ0n) is 16.9. The van der Waals surface area contributed by atoms with Gasteiger partial charge < -0.3 is 24.8 Å². The number of piperidine rings is 1. The number of alkyl carbamates (subject to hydrolysis) is 1.